The van der Waals surface area contributed by atoms with Crippen molar-refractivity contribution in [2.24, 2.45) is 0 Å². The Kier molecular flexibility index (Phi) is 4.65. The SMILES string of the molecule is C[C@@H]1CN(Cc2nc(COc3ccc(F)cc3)no2)CCO1. The van der Waals surface area contributed by atoms with E-state index in [0.29, 0.717) is 24.0 Å². The van der Waals surface area contributed by atoms with Crippen LogP contribution in [0, 0.1) is 5.82 Å². The van der Waals surface area contributed by atoms with Crippen LogP contribution in [0.3, 0.4) is 0 Å². The molecule has 1 aromatic heterocycles. The molecule has 2 heterocycles. The number of ether oxygens (including phenoxy) is 2. The minimum atomic E-state index is -0.297. The van der Waals surface area contributed by atoms with Gasteiger partial charge in [-0.2, -0.15) is 4.98 Å². The lowest BCUT2D eigenvalue weighted by molar-refractivity contribution is -0.0240. The molecule has 22 heavy (non-hydrogen) atoms. The molecule has 0 unspecified atom stereocenters. The molecule has 1 atom stereocenters. The van der Waals surface area contributed by atoms with Crippen LogP contribution in [0.25, 0.3) is 0 Å². The summed E-state index contributed by atoms with van der Waals surface area (Å²) in [6.45, 7) is 5.27. The van der Waals surface area contributed by atoms with Gasteiger partial charge in [-0.1, -0.05) is 5.16 Å². The molecule has 0 bridgehead atoms. The van der Waals surface area contributed by atoms with Crippen LogP contribution in [-0.4, -0.2) is 40.8 Å². The molecule has 6 nitrogen and oxygen atoms in total. The Labute approximate surface area is 127 Å². The molecule has 1 aliphatic rings. The predicted molar refractivity (Wildman–Crippen MR) is 75.7 cm³/mol. The summed E-state index contributed by atoms with van der Waals surface area (Å²) in [5.41, 5.74) is 0. The number of hydrogen-bond acceptors (Lipinski definition) is 6. The third-order valence-electron chi connectivity index (χ3n) is 3.38. The molecule has 1 aromatic carbocycles. The molecule has 0 N–H and O–H groups in total. The molecule has 3 rings (SSSR count). The van der Waals surface area contributed by atoms with E-state index in [4.69, 9.17) is 14.0 Å². The van der Waals surface area contributed by atoms with Crippen LogP contribution in [0.2, 0.25) is 0 Å². The lowest BCUT2D eigenvalue weighted by atomic mass is 10.3. The van der Waals surface area contributed by atoms with Gasteiger partial charge >= 0.3 is 0 Å². The zero-order valence-electron chi connectivity index (χ0n) is 12.4. The first-order valence-electron chi connectivity index (χ1n) is 7.23. The molecule has 118 valence electrons. The summed E-state index contributed by atoms with van der Waals surface area (Å²) in [6, 6.07) is 5.81. The second-order valence-corrected chi connectivity index (χ2v) is 5.26. The summed E-state index contributed by atoms with van der Waals surface area (Å²) in [5.74, 6) is 1.30. The molecule has 0 aliphatic carbocycles. The fourth-order valence-corrected chi connectivity index (χ4v) is 2.32. The average Bonchev–Trinajstić information content (AvgIpc) is 2.94. The minimum absolute atomic E-state index is 0.189. The van der Waals surface area contributed by atoms with E-state index in [1.54, 1.807) is 12.1 Å². The van der Waals surface area contributed by atoms with Gasteiger partial charge in [0.25, 0.3) is 0 Å². The van der Waals surface area contributed by atoms with Crippen LogP contribution in [0.15, 0.2) is 28.8 Å². The number of nitrogens with zero attached hydrogens (tertiary/aromatic N) is 3. The fraction of sp³-hybridized carbons (Fsp3) is 0.467. The van der Waals surface area contributed by atoms with Gasteiger partial charge in [-0.05, 0) is 31.2 Å². The molecule has 1 fully saturated rings. The summed E-state index contributed by atoms with van der Waals surface area (Å²) < 4.78 is 29.0. The van der Waals surface area contributed by atoms with Crippen LogP contribution in [0.4, 0.5) is 4.39 Å². The highest BCUT2D eigenvalue weighted by atomic mass is 19.1. The first-order chi connectivity index (χ1) is 10.7. The maximum Gasteiger partial charge on any atom is 0.240 e. The standard InChI is InChI=1S/C15H18FN3O3/c1-11-8-19(6-7-20-11)9-15-17-14(18-22-15)10-21-13-4-2-12(16)3-5-13/h2-5,11H,6-10H2,1H3/t11-/m1/s1. The Morgan fingerprint density at radius 3 is 2.95 bits per heavy atom. The highest BCUT2D eigenvalue weighted by Gasteiger charge is 2.19. The zero-order chi connectivity index (χ0) is 15.4. The van der Waals surface area contributed by atoms with E-state index < -0.39 is 0 Å². The van der Waals surface area contributed by atoms with E-state index in [9.17, 15) is 4.39 Å². The number of halogens is 1. The summed E-state index contributed by atoms with van der Waals surface area (Å²) in [4.78, 5) is 6.52. The third kappa shape index (κ3) is 4.02. The first kappa shape index (κ1) is 14.9. The van der Waals surface area contributed by atoms with Gasteiger partial charge in [-0.15, -0.1) is 0 Å². The van der Waals surface area contributed by atoms with Gasteiger partial charge in [-0.3, -0.25) is 4.90 Å². The summed E-state index contributed by atoms with van der Waals surface area (Å²) in [7, 11) is 0. The lowest BCUT2D eigenvalue weighted by Crippen LogP contribution is -2.40. The Bertz CT molecular complexity index is 602. The minimum Gasteiger partial charge on any atom is -0.485 e. The second kappa shape index (κ2) is 6.85. The molecule has 1 aliphatic heterocycles. The molecule has 0 spiro atoms. The Balaban J connectivity index is 1.51. The Hall–Kier alpha value is -1.99. The van der Waals surface area contributed by atoms with Crippen LogP contribution in [-0.2, 0) is 17.9 Å². The first-order valence-corrected chi connectivity index (χ1v) is 7.23. The van der Waals surface area contributed by atoms with E-state index >= 15 is 0 Å². The van der Waals surface area contributed by atoms with Crippen LogP contribution < -0.4 is 4.74 Å². The van der Waals surface area contributed by atoms with Crippen molar-refractivity contribution >= 4 is 0 Å². The van der Waals surface area contributed by atoms with E-state index in [1.807, 2.05) is 6.92 Å². The Morgan fingerprint density at radius 1 is 1.36 bits per heavy atom. The lowest BCUT2D eigenvalue weighted by Gasteiger charge is -2.29. The molecule has 0 saturated carbocycles. The third-order valence-corrected chi connectivity index (χ3v) is 3.38. The molecule has 0 radical (unpaired) electrons. The van der Waals surface area contributed by atoms with Crippen molar-refractivity contribution in [3.05, 3.63) is 41.8 Å². The summed E-state index contributed by atoms with van der Waals surface area (Å²) in [6.07, 6.45) is 0.220. The van der Waals surface area contributed by atoms with Crippen molar-refractivity contribution < 1.29 is 18.4 Å². The molecule has 1 saturated heterocycles. The second-order valence-electron chi connectivity index (χ2n) is 5.26. The quantitative estimate of drug-likeness (QED) is 0.842. The monoisotopic (exact) mass is 307 g/mol. The van der Waals surface area contributed by atoms with Crippen LogP contribution in [0.5, 0.6) is 5.75 Å². The van der Waals surface area contributed by atoms with Crippen molar-refractivity contribution in [2.45, 2.75) is 26.2 Å². The van der Waals surface area contributed by atoms with Gasteiger partial charge in [0.05, 0.1) is 19.3 Å². The number of hydrogen-bond donors (Lipinski definition) is 0. The molecule has 2 aromatic rings. The van der Waals surface area contributed by atoms with E-state index in [0.717, 1.165) is 19.7 Å². The van der Waals surface area contributed by atoms with Crippen molar-refractivity contribution in [2.75, 3.05) is 19.7 Å². The van der Waals surface area contributed by atoms with Crippen molar-refractivity contribution in [1.29, 1.82) is 0 Å². The average molecular weight is 307 g/mol. The van der Waals surface area contributed by atoms with Crippen LogP contribution in [0.1, 0.15) is 18.6 Å². The topological polar surface area (TPSA) is 60.6 Å². The van der Waals surface area contributed by atoms with Gasteiger partial charge < -0.3 is 14.0 Å². The maximum absolute atomic E-state index is 12.8. The van der Waals surface area contributed by atoms with Gasteiger partial charge in [0.15, 0.2) is 6.61 Å². The van der Waals surface area contributed by atoms with Crippen molar-refractivity contribution in [1.82, 2.24) is 15.0 Å². The van der Waals surface area contributed by atoms with Crippen molar-refractivity contribution in [3.8, 4) is 5.75 Å². The van der Waals surface area contributed by atoms with E-state index in [2.05, 4.69) is 15.0 Å². The predicted octanol–water partition coefficient (Wildman–Crippen LogP) is 2.01. The Morgan fingerprint density at radius 2 is 2.18 bits per heavy atom. The number of benzene rings is 1. The molecular weight excluding hydrogens is 289 g/mol. The fourth-order valence-electron chi connectivity index (χ4n) is 2.32. The van der Waals surface area contributed by atoms with Gasteiger partial charge in [0.2, 0.25) is 11.7 Å². The smallest absolute Gasteiger partial charge is 0.240 e. The van der Waals surface area contributed by atoms with Crippen LogP contribution >= 0.6 is 0 Å². The number of rotatable bonds is 5. The molecule has 0 amide bonds. The number of morpholine rings is 1. The van der Waals surface area contributed by atoms with Gasteiger partial charge in [-0.25, -0.2) is 4.39 Å². The maximum atomic E-state index is 12.8. The van der Waals surface area contributed by atoms with E-state index in [1.165, 1.54) is 12.1 Å². The summed E-state index contributed by atoms with van der Waals surface area (Å²) >= 11 is 0. The molecular formula is C15H18FN3O3. The van der Waals surface area contributed by atoms with Crippen molar-refractivity contribution in [3.63, 3.8) is 0 Å². The normalized spacial score (nSPS) is 19.3. The molecule has 7 heteroatoms. The largest absolute Gasteiger partial charge is 0.485 e. The van der Waals surface area contributed by atoms with Gasteiger partial charge in [0.1, 0.15) is 11.6 Å². The summed E-state index contributed by atoms with van der Waals surface area (Å²) in [5, 5.41) is 3.89. The highest BCUT2D eigenvalue weighted by molar-refractivity contribution is 5.22. The zero-order valence-corrected chi connectivity index (χ0v) is 12.4. The highest BCUT2D eigenvalue weighted by Crippen LogP contribution is 2.13. The number of aromatic nitrogens is 2. The van der Waals surface area contributed by atoms with E-state index in [-0.39, 0.29) is 18.5 Å². The van der Waals surface area contributed by atoms with Gasteiger partial charge in [0, 0.05) is 13.1 Å².